The van der Waals surface area contributed by atoms with Gasteiger partial charge in [0.15, 0.2) is 0 Å². The molecule has 0 aliphatic rings. The van der Waals surface area contributed by atoms with Gasteiger partial charge in [0, 0.05) is 23.7 Å². The van der Waals surface area contributed by atoms with Gasteiger partial charge in [-0.3, -0.25) is 4.79 Å². The SMILES string of the molecule is CC(C)C(C)(CN)NC(=O)c1csc(-c2cnn(-c3ccccc3)c2)n1. The van der Waals surface area contributed by atoms with E-state index in [0.717, 1.165) is 16.3 Å². The minimum absolute atomic E-state index is 0.204. The van der Waals surface area contributed by atoms with Crippen molar-refractivity contribution in [1.82, 2.24) is 20.1 Å². The molecule has 0 spiro atoms. The fourth-order valence-corrected chi connectivity index (χ4v) is 3.20. The minimum atomic E-state index is -0.459. The molecule has 0 saturated heterocycles. The molecule has 2 heterocycles. The average molecular weight is 369 g/mol. The van der Waals surface area contributed by atoms with Crippen LogP contribution in [0.2, 0.25) is 0 Å². The lowest BCUT2D eigenvalue weighted by Crippen LogP contribution is -2.55. The summed E-state index contributed by atoms with van der Waals surface area (Å²) in [4.78, 5) is 17.0. The molecule has 3 N–H and O–H groups in total. The van der Waals surface area contributed by atoms with Gasteiger partial charge in [-0.25, -0.2) is 9.67 Å². The Labute approximate surface area is 157 Å². The van der Waals surface area contributed by atoms with Gasteiger partial charge in [-0.05, 0) is 25.0 Å². The Morgan fingerprint density at radius 1 is 1.35 bits per heavy atom. The summed E-state index contributed by atoms with van der Waals surface area (Å²) in [6.45, 7) is 6.40. The third-order valence-corrected chi connectivity index (χ3v) is 5.58. The van der Waals surface area contributed by atoms with E-state index in [9.17, 15) is 4.79 Å². The number of amides is 1. The van der Waals surface area contributed by atoms with E-state index >= 15 is 0 Å². The Bertz CT molecular complexity index is 886. The Morgan fingerprint density at radius 2 is 2.08 bits per heavy atom. The monoisotopic (exact) mass is 369 g/mol. The van der Waals surface area contributed by atoms with E-state index in [4.69, 9.17) is 5.73 Å². The number of carbonyl (C=O) groups is 1. The van der Waals surface area contributed by atoms with Gasteiger partial charge in [-0.15, -0.1) is 11.3 Å². The lowest BCUT2D eigenvalue weighted by atomic mass is 9.88. The highest BCUT2D eigenvalue weighted by Gasteiger charge is 2.29. The van der Waals surface area contributed by atoms with Crippen LogP contribution < -0.4 is 11.1 Å². The predicted octanol–water partition coefficient (Wildman–Crippen LogP) is 3.10. The fourth-order valence-electron chi connectivity index (χ4n) is 2.42. The van der Waals surface area contributed by atoms with Crippen LogP contribution in [-0.4, -0.2) is 32.8 Å². The molecule has 0 radical (unpaired) electrons. The summed E-state index contributed by atoms with van der Waals surface area (Å²) in [5, 5.41) is 9.92. The summed E-state index contributed by atoms with van der Waals surface area (Å²) in [6.07, 6.45) is 3.67. The van der Waals surface area contributed by atoms with Crippen LogP contribution in [0.4, 0.5) is 0 Å². The summed E-state index contributed by atoms with van der Waals surface area (Å²) in [5.41, 5.74) is 7.64. The van der Waals surface area contributed by atoms with Crippen LogP contribution in [0.3, 0.4) is 0 Å². The molecule has 1 amide bonds. The van der Waals surface area contributed by atoms with Gasteiger partial charge in [0.05, 0.1) is 17.4 Å². The summed E-state index contributed by atoms with van der Waals surface area (Å²) < 4.78 is 1.79. The molecule has 0 bridgehead atoms. The second-order valence-corrected chi connectivity index (χ2v) is 7.64. The normalized spacial score (nSPS) is 13.6. The number of rotatable bonds is 6. The molecule has 0 aliphatic carbocycles. The smallest absolute Gasteiger partial charge is 0.271 e. The van der Waals surface area contributed by atoms with E-state index in [0.29, 0.717) is 12.2 Å². The minimum Gasteiger partial charge on any atom is -0.344 e. The van der Waals surface area contributed by atoms with Crippen molar-refractivity contribution in [3.63, 3.8) is 0 Å². The lowest BCUT2D eigenvalue weighted by molar-refractivity contribution is 0.0879. The molecule has 6 nitrogen and oxygen atoms in total. The van der Waals surface area contributed by atoms with Crippen molar-refractivity contribution in [3.05, 3.63) is 53.8 Å². The van der Waals surface area contributed by atoms with Crippen molar-refractivity contribution < 1.29 is 4.79 Å². The second kappa shape index (κ2) is 7.39. The molecule has 0 saturated carbocycles. The summed E-state index contributed by atoms with van der Waals surface area (Å²) >= 11 is 1.42. The molecule has 136 valence electrons. The number of thiazole rings is 1. The van der Waals surface area contributed by atoms with Crippen molar-refractivity contribution >= 4 is 17.2 Å². The molecular formula is C19H23N5OS. The molecule has 0 fully saturated rings. The lowest BCUT2D eigenvalue weighted by Gasteiger charge is -2.33. The van der Waals surface area contributed by atoms with Gasteiger partial charge in [-0.1, -0.05) is 32.0 Å². The van der Waals surface area contributed by atoms with Crippen molar-refractivity contribution in [3.8, 4) is 16.3 Å². The zero-order chi connectivity index (χ0) is 18.7. The van der Waals surface area contributed by atoms with Gasteiger partial charge < -0.3 is 11.1 Å². The average Bonchev–Trinajstić information content (AvgIpc) is 3.31. The number of aromatic nitrogens is 3. The standard InChI is InChI=1S/C19H23N5OS/c1-13(2)19(3,12-20)23-17(25)16-11-26-18(22-16)14-9-21-24(10-14)15-7-5-4-6-8-15/h4-11,13H,12,20H2,1-3H3,(H,23,25). The van der Waals surface area contributed by atoms with Crippen molar-refractivity contribution in [2.24, 2.45) is 11.7 Å². The number of carbonyl (C=O) groups excluding carboxylic acids is 1. The van der Waals surface area contributed by atoms with Crippen LogP contribution >= 0.6 is 11.3 Å². The van der Waals surface area contributed by atoms with E-state index < -0.39 is 5.54 Å². The first-order valence-corrected chi connectivity index (χ1v) is 9.39. The number of hydrogen-bond donors (Lipinski definition) is 2. The van der Waals surface area contributed by atoms with Crippen molar-refractivity contribution in [2.75, 3.05) is 6.54 Å². The maximum Gasteiger partial charge on any atom is 0.271 e. The molecule has 7 heteroatoms. The highest BCUT2D eigenvalue weighted by molar-refractivity contribution is 7.13. The second-order valence-electron chi connectivity index (χ2n) is 6.78. The number of hydrogen-bond acceptors (Lipinski definition) is 5. The van der Waals surface area contributed by atoms with Gasteiger partial charge in [0.2, 0.25) is 0 Å². The first-order chi connectivity index (χ1) is 12.4. The molecule has 3 rings (SSSR count). The zero-order valence-electron chi connectivity index (χ0n) is 15.1. The van der Waals surface area contributed by atoms with Crippen LogP contribution in [0.15, 0.2) is 48.1 Å². The van der Waals surface area contributed by atoms with Crippen LogP contribution in [0, 0.1) is 5.92 Å². The van der Waals surface area contributed by atoms with E-state index in [1.165, 1.54) is 11.3 Å². The molecule has 1 atom stereocenters. The van der Waals surface area contributed by atoms with Gasteiger partial charge in [0.1, 0.15) is 10.7 Å². The maximum absolute atomic E-state index is 12.6. The van der Waals surface area contributed by atoms with Crippen molar-refractivity contribution in [1.29, 1.82) is 0 Å². The van der Waals surface area contributed by atoms with Crippen molar-refractivity contribution in [2.45, 2.75) is 26.3 Å². The Morgan fingerprint density at radius 3 is 2.73 bits per heavy atom. The third kappa shape index (κ3) is 3.68. The molecule has 1 aromatic carbocycles. The largest absolute Gasteiger partial charge is 0.344 e. The number of nitrogens with two attached hydrogens (primary N) is 1. The van der Waals surface area contributed by atoms with Crippen LogP contribution in [-0.2, 0) is 0 Å². The highest BCUT2D eigenvalue weighted by atomic mass is 32.1. The number of nitrogens with one attached hydrogen (secondary N) is 1. The first-order valence-electron chi connectivity index (χ1n) is 8.51. The number of benzene rings is 1. The summed E-state index contributed by atoms with van der Waals surface area (Å²) in [5.74, 6) is 0.0169. The summed E-state index contributed by atoms with van der Waals surface area (Å²) in [6, 6.07) is 9.86. The molecule has 1 unspecified atom stereocenters. The van der Waals surface area contributed by atoms with E-state index in [1.807, 2.05) is 57.3 Å². The van der Waals surface area contributed by atoms with Gasteiger partial charge in [-0.2, -0.15) is 5.10 Å². The van der Waals surface area contributed by atoms with Crippen LogP contribution in [0.5, 0.6) is 0 Å². The molecular weight excluding hydrogens is 346 g/mol. The molecule has 26 heavy (non-hydrogen) atoms. The predicted molar refractivity (Wildman–Crippen MR) is 104 cm³/mol. The molecule has 2 aromatic heterocycles. The highest BCUT2D eigenvalue weighted by Crippen LogP contribution is 2.25. The molecule has 0 aliphatic heterocycles. The van der Waals surface area contributed by atoms with Gasteiger partial charge >= 0.3 is 0 Å². The van der Waals surface area contributed by atoms with E-state index in [-0.39, 0.29) is 11.8 Å². The fraction of sp³-hybridized carbons (Fsp3) is 0.316. The van der Waals surface area contributed by atoms with E-state index in [2.05, 4.69) is 15.4 Å². The summed E-state index contributed by atoms with van der Waals surface area (Å²) in [7, 11) is 0. The molecule has 3 aromatic rings. The number of nitrogens with zero attached hydrogens (tertiary/aromatic N) is 3. The Kier molecular flexibility index (Phi) is 5.20. The maximum atomic E-state index is 12.6. The van der Waals surface area contributed by atoms with E-state index in [1.54, 1.807) is 16.3 Å². The zero-order valence-corrected chi connectivity index (χ0v) is 16.0. The topological polar surface area (TPSA) is 85.8 Å². The van der Waals surface area contributed by atoms with Crippen LogP contribution in [0.1, 0.15) is 31.3 Å². The first kappa shape index (κ1) is 18.3. The quantitative estimate of drug-likeness (QED) is 0.699. The number of para-hydroxylation sites is 1. The Balaban J connectivity index is 1.78. The van der Waals surface area contributed by atoms with Gasteiger partial charge in [0.25, 0.3) is 5.91 Å². The third-order valence-electron chi connectivity index (χ3n) is 4.68. The van der Waals surface area contributed by atoms with Crippen LogP contribution in [0.25, 0.3) is 16.3 Å². The Hall–Kier alpha value is -2.51.